The van der Waals surface area contributed by atoms with E-state index >= 15 is 0 Å². The van der Waals surface area contributed by atoms with Crippen LogP contribution in [0.25, 0.3) is 0 Å². The van der Waals surface area contributed by atoms with E-state index in [-0.39, 0.29) is 5.91 Å². The highest BCUT2D eigenvalue weighted by atomic mass is 16.5. The quantitative estimate of drug-likeness (QED) is 0.764. The van der Waals surface area contributed by atoms with Crippen LogP contribution in [0.4, 0.5) is 0 Å². The second-order valence-electron chi connectivity index (χ2n) is 5.55. The maximum Gasteiger partial charge on any atom is 0.237 e. The van der Waals surface area contributed by atoms with Gasteiger partial charge in [-0.3, -0.25) is 9.69 Å². The third-order valence-electron chi connectivity index (χ3n) is 4.37. The molecule has 0 aromatic rings. The minimum Gasteiger partial charge on any atom is -0.379 e. The van der Waals surface area contributed by atoms with Crippen LogP contribution in [0.2, 0.25) is 0 Å². The first-order valence-electron chi connectivity index (χ1n) is 7.16. The molecule has 0 unspecified atom stereocenters. The van der Waals surface area contributed by atoms with Crippen LogP contribution in [-0.4, -0.2) is 61.1 Å². The summed E-state index contributed by atoms with van der Waals surface area (Å²) in [5.41, 5.74) is -0.568. The number of amides is 1. The lowest BCUT2D eigenvalue weighted by atomic mass is 9.81. The van der Waals surface area contributed by atoms with E-state index < -0.39 is 5.54 Å². The van der Waals surface area contributed by atoms with Crippen molar-refractivity contribution in [2.24, 2.45) is 0 Å². The summed E-state index contributed by atoms with van der Waals surface area (Å²) < 4.78 is 5.28. The highest BCUT2D eigenvalue weighted by Gasteiger charge is 2.39. The molecule has 2 fully saturated rings. The molecule has 1 aliphatic carbocycles. The largest absolute Gasteiger partial charge is 0.379 e. The third-order valence-corrected chi connectivity index (χ3v) is 4.37. The van der Waals surface area contributed by atoms with Crippen molar-refractivity contribution >= 4 is 5.91 Å². The van der Waals surface area contributed by atoms with Gasteiger partial charge >= 0.3 is 0 Å². The number of nitrogens with zero attached hydrogens (tertiary/aromatic N) is 3. The van der Waals surface area contributed by atoms with Gasteiger partial charge in [0.05, 0.1) is 25.8 Å². The van der Waals surface area contributed by atoms with Crippen LogP contribution in [-0.2, 0) is 9.53 Å². The molecule has 106 valence electrons. The summed E-state index contributed by atoms with van der Waals surface area (Å²) in [6.45, 7) is 3.41. The van der Waals surface area contributed by atoms with Crippen molar-refractivity contribution in [1.82, 2.24) is 9.80 Å². The fourth-order valence-electron chi connectivity index (χ4n) is 2.95. The third kappa shape index (κ3) is 3.26. The summed E-state index contributed by atoms with van der Waals surface area (Å²) >= 11 is 0. The molecule has 0 N–H and O–H groups in total. The molecule has 1 amide bonds. The Labute approximate surface area is 115 Å². The average Bonchev–Trinajstić information content (AvgIpc) is 2.48. The first-order valence-corrected chi connectivity index (χ1v) is 7.16. The van der Waals surface area contributed by atoms with Gasteiger partial charge in [0.1, 0.15) is 5.54 Å². The number of ether oxygens (including phenoxy) is 1. The first kappa shape index (κ1) is 14.3. The van der Waals surface area contributed by atoms with Gasteiger partial charge in [-0.15, -0.1) is 0 Å². The molecular formula is C14H23N3O2. The van der Waals surface area contributed by atoms with Crippen LogP contribution in [0.3, 0.4) is 0 Å². The van der Waals surface area contributed by atoms with Crippen molar-refractivity contribution in [3.8, 4) is 6.07 Å². The summed E-state index contributed by atoms with van der Waals surface area (Å²) in [6, 6.07) is 2.40. The molecule has 0 spiro atoms. The predicted octanol–water partition coefficient (Wildman–Crippen LogP) is 1.00. The lowest BCUT2D eigenvalue weighted by Crippen LogP contribution is -2.53. The molecule has 0 bridgehead atoms. The van der Waals surface area contributed by atoms with Gasteiger partial charge < -0.3 is 9.64 Å². The van der Waals surface area contributed by atoms with Crippen molar-refractivity contribution in [3.63, 3.8) is 0 Å². The monoisotopic (exact) mass is 265 g/mol. The number of hydrogen-bond acceptors (Lipinski definition) is 4. The molecule has 0 aromatic carbocycles. The molecule has 5 heteroatoms. The Kier molecular flexibility index (Phi) is 4.78. The van der Waals surface area contributed by atoms with E-state index in [1.807, 2.05) is 0 Å². The SMILES string of the molecule is CN(C(=O)CN1CCOCC1)C1(C#N)CCCCC1. The molecule has 5 nitrogen and oxygen atoms in total. The fraction of sp³-hybridized carbons (Fsp3) is 0.857. The second-order valence-corrected chi connectivity index (χ2v) is 5.55. The van der Waals surface area contributed by atoms with Crippen LogP contribution in [0.5, 0.6) is 0 Å². The summed E-state index contributed by atoms with van der Waals surface area (Å²) in [6.07, 6.45) is 4.89. The van der Waals surface area contributed by atoms with Gasteiger partial charge in [0.25, 0.3) is 0 Å². The zero-order valence-electron chi connectivity index (χ0n) is 11.7. The van der Waals surface area contributed by atoms with Crippen molar-refractivity contribution < 1.29 is 9.53 Å². The van der Waals surface area contributed by atoms with Gasteiger partial charge in [0, 0.05) is 20.1 Å². The number of morpholine rings is 1. The van der Waals surface area contributed by atoms with Crippen molar-refractivity contribution in [2.75, 3.05) is 39.9 Å². The van der Waals surface area contributed by atoms with E-state index in [2.05, 4.69) is 11.0 Å². The van der Waals surface area contributed by atoms with Gasteiger partial charge in [-0.05, 0) is 12.8 Å². The van der Waals surface area contributed by atoms with Crippen molar-refractivity contribution in [3.05, 3.63) is 0 Å². The maximum atomic E-state index is 12.4. The first-order chi connectivity index (χ1) is 9.18. The van der Waals surface area contributed by atoms with E-state index in [1.165, 1.54) is 6.42 Å². The number of rotatable bonds is 3. The Balaban J connectivity index is 1.95. The van der Waals surface area contributed by atoms with Crippen LogP contribution >= 0.6 is 0 Å². The van der Waals surface area contributed by atoms with Crippen molar-refractivity contribution in [1.29, 1.82) is 5.26 Å². The summed E-state index contributed by atoms with van der Waals surface area (Å²) in [5.74, 6) is 0.0605. The molecule has 0 atom stereocenters. The van der Waals surface area contributed by atoms with Gasteiger partial charge in [-0.1, -0.05) is 19.3 Å². The van der Waals surface area contributed by atoms with Crippen LogP contribution in [0.1, 0.15) is 32.1 Å². The zero-order valence-corrected chi connectivity index (χ0v) is 11.7. The molecule has 2 rings (SSSR count). The van der Waals surface area contributed by atoms with E-state index in [9.17, 15) is 10.1 Å². The molecule has 1 saturated carbocycles. The highest BCUT2D eigenvalue weighted by Crippen LogP contribution is 2.32. The van der Waals surface area contributed by atoms with Crippen molar-refractivity contribution in [2.45, 2.75) is 37.6 Å². The topological polar surface area (TPSA) is 56.6 Å². The van der Waals surface area contributed by atoms with Gasteiger partial charge in [0.2, 0.25) is 5.91 Å². The zero-order chi connectivity index (χ0) is 13.7. The molecule has 1 heterocycles. The smallest absolute Gasteiger partial charge is 0.237 e. The van der Waals surface area contributed by atoms with Crippen LogP contribution in [0.15, 0.2) is 0 Å². The molecule has 0 aromatic heterocycles. The molecule has 19 heavy (non-hydrogen) atoms. The Morgan fingerprint density at radius 2 is 1.95 bits per heavy atom. The van der Waals surface area contributed by atoms with Gasteiger partial charge in [-0.2, -0.15) is 5.26 Å². The van der Waals surface area contributed by atoms with Gasteiger partial charge in [0.15, 0.2) is 0 Å². The predicted molar refractivity (Wildman–Crippen MR) is 71.5 cm³/mol. The van der Waals surface area contributed by atoms with E-state index in [0.29, 0.717) is 19.8 Å². The molecule has 1 aliphatic heterocycles. The summed E-state index contributed by atoms with van der Waals surface area (Å²) in [5, 5.41) is 9.49. The summed E-state index contributed by atoms with van der Waals surface area (Å²) in [7, 11) is 1.79. The number of hydrogen-bond donors (Lipinski definition) is 0. The van der Waals surface area contributed by atoms with Gasteiger partial charge in [-0.25, -0.2) is 0 Å². The van der Waals surface area contributed by atoms with E-state index in [1.54, 1.807) is 11.9 Å². The average molecular weight is 265 g/mol. The Morgan fingerprint density at radius 1 is 1.32 bits per heavy atom. The lowest BCUT2D eigenvalue weighted by molar-refractivity contribution is -0.137. The number of nitriles is 1. The summed E-state index contributed by atoms with van der Waals surface area (Å²) in [4.78, 5) is 16.2. The Morgan fingerprint density at radius 3 is 2.53 bits per heavy atom. The lowest BCUT2D eigenvalue weighted by Gasteiger charge is -2.40. The van der Waals surface area contributed by atoms with E-state index in [4.69, 9.17) is 4.74 Å². The van der Waals surface area contributed by atoms with Crippen LogP contribution in [0, 0.1) is 11.3 Å². The minimum absolute atomic E-state index is 0.0605. The highest BCUT2D eigenvalue weighted by molar-refractivity contribution is 5.79. The number of carbonyl (C=O) groups excluding carboxylic acids is 1. The molecule has 0 radical (unpaired) electrons. The normalized spacial score (nSPS) is 23.6. The second kappa shape index (κ2) is 6.36. The standard InChI is InChI=1S/C14H23N3O2/c1-16(14(12-15)5-3-2-4-6-14)13(18)11-17-7-9-19-10-8-17/h2-11H2,1H3. The molecule has 1 saturated heterocycles. The fourth-order valence-corrected chi connectivity index (χ4v) is 2.95. The van der Waals surface area contributed by atoms with E-state index in [0.717, 1.165) is 38.8 Å². The molecular weight excluding hydrogens is 242 g/mol. The Bertz CT molecular complexity index is 352. The minimum atomic E-state index is -0.568. The maximum absolute atomic E-state index is 12.4. The Hall–Kier alpha value is -1.12. The molecule has 2 aliphatic rings. The van der Waals surface area contributed by atoms with Crippen LogP contribution < -0.4 is 0 Å². The number of carbonyl (C=O) groups is 1. The number of likely N-dealkylation sites (N-methyl/N-ethyl adjacent to an activating group) is 1.